The Labute approximate surface area is 215 Å². The number of methoxy groups -OCH3 is 1. The van der Waals surface area contributed by atoms with Crippen molar-refractivity contribution < 1.29 is 28.6 Å². The molecule has 0 unspecified atom stereocenters. The average Bonchev–Trinajstić information content (AvgIpc) is 2.90. The van der Waals surface area contributed by atoms with Gasteiger partial charge in [-0.05, 0) is 55.3 Å². The van der Waals surface area contributed by atoms with Crippen LogP contribution in [-0.2, 0) is 9.59 Å². The van der Waals surface area contributed by atoms with Crippen LogP contribution in [-0.4, -0.2) is 43.1 Å². The molecule has 37 heavy (non-hydrogen) atoms. The molecule has 8 nitrogen and oxygen atoms in total. The van der Waals surface area contributed by atoms with Gasteiger partial charge in [0.25, 0.3) is 11.8 Å². The van der Waals surface area contributed by atoms with Crippen molar-refractivity contribution in [2.75, 3.05) is 20.3 Å². The molecule has 0 bridgehead atoms. The Hall–Kier alpha value is -4.59. The number of imide groups is 2. The van der Waals surface area contributed by atoms with E-state index in [1.807, 2.05) is 61.5 Å². The third kappa shape index (κ3) is 5.98. The highest BCUT2D eigenvalue weighted by atomic mass is 16.5. The maximum Gasteiger partial charge on any atom is 0.331 e. The fourth-order valence-electron chi connectivity index (χ4n) is 3.91. The lowest BCUT2D eigenvalue weighted by Crippen LogP contribution is -2.54. The van der Waals surface area contributed by atoms with Gasteiger partial charge in [0.05, 0.1) is 13.2 Å². The van der Waals surface area contributed by atoms with E-state index in [4.69, 9.17) is 14.2 Å². The molecule has 0 aliphatic carbocycles. The van der Waals surface area contributed by atoms with Gasteiger partial charge in [0.15, 0.2) is 11.5 Å². The standard InChI is InChI=1S/C29H28N2O6/c1-19-9-12-23(13-10-19)36-15-16-37-25-14-11-21(18-26(25)35-3)17-24-27(32)30-29(34)31(28(24)33)20(2)22-7-5-4-6-8-22/h4-14,17-18,20H,15-16H2,1-3H3,(H,30,32,34)/b24-17-/t20-/m1/s1. The van der Waals surface area contributed by atoms with E-state index in [-0.39, 0.29) is 5.57 Å². The second-order valence-corrected chi connectivity index (χ2v) is 8.50. The van der Waals surface area contributed by atoms with Gasteiger partial charge in [0.1, 0.15) is 24.5 Å². The van der Waals surface area contributed by atoms with Crippen molar-refractivity contribution in [2.45, 2.75) is 19.9 Å². The minimum atomic E-state index is -0.752. The number of nitrogens with one attached hydrogen (secondary N) is 1. The van der Waals surface area contributed by atoms with Crippen LogP contribution < -0.4 is 19.5 Å². The summed E-state index contributed by atoms with van der Waals surface area (Å²) in [5, 5.41) is 2.26. The van der Waals surface area contributed by atoms with Crippen molar-refractivity contribution in [2.24, 2.45) is 0 Å². The van der Waals surface area contributed by atoms with Gasteiger partial charge < -0.3 is 14.2 Å². The number of hydrogen-bond acceptors (Lipinski definition) is 6. The molecule has 3 aromatic rings. The Kier molecular flexibility index (Phi) is 7.88. The maximum absolute atomic E-state index is 13.2. The van der Waals surface area contributed by atoms with Gasteiger partial charge in [-0.3, -0.25) is 19.8 Å². The van der Waals surface area contributed by atoms with E-state index in [0.717, 1.165) is 21.8 Å². The lowest BCUT2D eigenvalue weighted by atomic mass is 10.0. The first kappa shape index (κ1) is 25.5. The van der Waals surface area contributed by atoms with E-state index in [2.05, 4.69) is 5.32 Å². The predicted octanol–water partition coefficient (Wildman–Crippen LogP) is 4.68. The number of urea groups is 1. The van der Waals surface area contributed by atoms with Crippen LogP contribution in [0.15, 0.2) is 78.4 Å². The smallest absolute Gasteiger partial charge is 0.331 e. The molecule has 8 heteroatoms. The lowest BCUT2D eigenvalue weighted by molar-refractivity contribution is -0.131. The van der Waals surface area contributed by atoms with E-state index in [0.29, 0.717) is 30.3 Å². The topological polar surface area (TPSA) is 94.2 Å². The highest BCUT2D eigenvalue weighted by molar-refractivity contribution is 6.31. The molecule has 4 rings (SSSR count). The molecule has 1 atom stereocenters. The third-order valence-corrected chi connectivity index (χ3v) is 5.93. The molecule has 1 heterocycles. The third-order valence-electron chi connectivity index (χ3n) is 5.93. The van der Waals surface area contributed by atoms with Gasteiger partial charge in [-0.2, -0.15) is 0 Å². The Morgan fingerprint density at radius 3 is 2.30 bits per heavy atom. The van der Waals surface area contributed by atoms with Crippen molar-refractivity contribution in [3.8, 4) is 17.2 Å². The zero-order valence-electron chi connectivity index (χ0n) is 20.9. The number of benzene rings is 3. The minimum Gasteiger partial charge on any atom is -0.493 e. The molecule has 1 N–H and O–H groups in total. The molecule has 1 aliphatic heterocycles. The second-order valence-electron chi connectivity index (χ2n) is 8.50. The number of amides is 4. The predicted molar refractivity (Wildman–Crippen MR) is 138 cm³/mol. The van der Waals surface area contributed by atoms with Gasteiger partial charge in [-0.25, -0.2) is 4.79 Å². The van der Waals surface area contributed by atoms with Crippen molar-refractivity contribution in [3.05, 3.63) is 95.1 Å². The first-order valence-corrected chi connectivity index (χ1v) is 11.8. The summed E-state index contributed by atoms with van der Waals surface area (Å²) in [4.78, 5) is 39.3. The molecular formula is C29H28N2O6. The minimum absolute atomic E-state index is 0.149. The summed E-state index contributed by atoms with van der Waals surface area (Å²) in [7, 11) is 1.50. The summed E-state index contributed by atoms with van der Waals surface area (Å²) >= 11 is 0. The van der Waals surface area contributed by atoms with Crippen molar-refractivity contribution in [1.29, 1.82) is 0 Å². The molecule has 0 saturated carbocycles. The highest BCUT2D eigenvalue weighted by Gasteiger charge is 2.38. The Bertz CT molecular complexity index is 1320. The monoisotopic (exact) mass is 500 g/mol. The summed E-state index contributed by atoms with van der Waals surface area (Å²) in [6.07, 6.45) is 1.43. The molecule has 1 aliphatic rings. The van der Waals surface area contributed by atoms with Gasteiger partial charge in [0.2, 0.25) is 0 Å². The Balaban J connectivity index is 1.47. The van der Waals surface area contributed by atoms with Gasteiger partial charge in [0, 0.05) is 0 Å². The van der Waals surface area contributed by atoms with Crippen LogP contribution in [0, 0.1) is 6.92 Å². The average molecular weight is 501 g/mol. The first-order valence-electron chi connectivity index (χ1n) is 11.8. The van der Waals surface area contributed by atoms with Crippen LogP contribution in [0.1, 0.15) is 29.7 Å². The van der Waals surface area contributed by atoms with Crippen LogP contribution in [0.2, 0.25) is 0 Å². The molecule has 190 valence electrons. The summed E-state index contributed by atoms with van der Waals surface area (Å²) < 4.78 is 16.9. The summed E-state index contributed by atoms with van der Waals surface area (Å²) in [5.74, 6) is 0.259. The lowest BCUT2D eigenvalue weighted by Gasteiger charge is -2.31. The molecule has 0 aromatic heterocycles. The van der Waals surface area contributed by atoms with Crippen LogP contribution in [0.4, 0.5) is 4.79 Å². The fraction of sp³-hybridized carbons (Fsp3) is 0.207. The number of hydrogen-bond donors (Lipinski definition) is 1. The SMILES string of the molecule is COc1cc(/C=C2/C(=O)NC(=O)N([C@H](C)c3ccccc3)C2=O)ccc1OCCOc1ccc(C)cc1. The van der Waals surface area contributed by atoms with Crippen molar-refractivity contribution in [1.82, 2.24) is 10.2 Å². The van der Waals surface area contributed by atoms with E-state index >= 15 is 0 Å². The van der Waals surface area contributed by atoms with Crippen LogP contribution in [0.5, 0.6) is 17.2 Å². The van der Waals surface area contributed by atoms with E-state index in [1.165, 1.54) is 13.2 Å². The largest absolute Gasteiger partial charge is 0.493 e. The number of carbonyl (C=O) groups is 3. The zero-order chi connectivity index (χ0) is 26.4. The van der Waals surface area contributed by atoms with E-state index in [9.17, 15) is 14.4 Å². The summed E-state index contributed by atoms with van der Waals surface area (Å²) in [5.41, 5.74) is 2.32. The van der Waals surface area contributed by atoms with Gasteiger partial charge in [-0.15, -0.1) is 0 Å². The van der Waals surface area contributed by atoms with Crippen molar-refractivity contribution >= 4 is 23.9 Å². The highest BCUT2D eigenvalue weighted by Crippen LogP contribution is 2.30. The molecule has 4 amide bonds. The van der Waals surface area contributed by atoms with E-state index < -0.39 is 23.9 Å². The molecule has 0 radical (unpaired) electrons. The number of rotatable bonds is 9. The fourth-order valence-corrected chi connectivity index (χ4v) is 3.91. The Morgan fingerprint density at radius 2 is 1.59 bits per heavy atom. The van der Waals surface area contributed by atoms with Gasteiger partial charge in [-0.1, -0.05) is 54.1 Å². The number of aryl methyl sites for hydroxylation is 1. The zero-order valence-corrected chi connectivity index (χ0v) is 20.9. The first-order chi connectivity index (χ1) is 17.9. The summed E-state index contributed by atoms with van der Waals surface area (Å²) in [6.45, 7) is 4.38. The van der Waals surface area contributed by atoms with Crippen LogP contribution in [0.25, 0.3) is 6.08 Å². The van der Waals surface area contributed by atoms with E-state index in [1.54, 1.807) is 25.1 Å². The Morgan fingerprint density at radius 1 is 0.892 bits per heavy atom. The van der Waals surface area contributed by atoms with Crippen molar-refractivity contribution in [3.63, 3.8) is 0 Å². The molecule has 0 spiro atoms. The molecular weight excluding hydrogens is 472 g/mol. The van der Waals surface area contributed by atoms with Gasteiger partial charge >= 0.3 is 6.03 Å². The quantitative estimate of drug-likeness (QED) is 0.260. The molecule has 3 aromatic carbocycles. The summed E-state index contributed by atoms with van der Waals surface area (Å²) in [6, 6.07) is 20.6. The molecule has 1 saturated heterocycles. The normalized spacial score (nSPS) is 15.4. The number of carbonyl (C=O) groups excluding carboxylic acids is 3. The number of barbiturate groups is 1. The molecule has 1 fully saturated rings. The second kappa shape index (κ2) is 11.4. The number of ether oxygens (including phenoxy) is 3. The maximum atomic E-state index is 13.2. The van der Waals surface area contributed by atoms with Crippen LogP contribution >= 0.6 is 0 Å². The number of nitrogens with zero attached hydrogens (tertiary/aromatic N) is 1. The van der Waals surface area contributed by atoms with Crippen LogP contribution in [0.3, 0.4) is 0 Å².